The van der Waals surface area contributed by atoms with E-state index in [1.165, 1.54) is 24.3 Å². The van der Waals surface area contributed by atoms with Crippen molar-refractivity contribution in [2.75, 3.05) is 26.9 Å². The van der Waals surface area contributed by atoms with Crippen molar-refractivity contribution in [3.8, 4) is 5.75 Å². The molecule has 0 saturated carbocycles. The molecule has 18 heavy (non-hydrogen) atoms. The van der Waals surface area contributed by atoms with E-state index >= 15 is 0 Å². The molecule has 0 radical (unpaired) electrons. The monoisotopic (exact) mass is 255 g/mol. The smallest absolute Gasteiger partial charge is 0.223 e. The zero-order chi connectivity index (χ0) is 13.2. The maximum atomic E-state index is 12.6. The molecule has 0 spiro atoms. The van der Waals surface area contributed by atoms with E-state index in [9.17, 15) is 9.18 Å². The van der Waals surface area contributed by atoms with Crippen LogP contribution in [0.25, 0.3) is 0 Å². The Morgan fingerprint density at radius 1 is 1.28 bits per heavy atom. The first-order valence-corrected chi connectivity index (χ1v) is 5.86. The Labute approximate surface area is 106 Å². The molecule has 0 aromatic heterocycles. The van der Waals surface area contributed by atoms with Crippen LogP contribution in [0.5, 0.6) is 5.75 Å². The largest absolute Gasteiger partial charge is 0.493 e. The van der Waals surface area contributed by atoms with Gasteiger partial charge in [0.25, 0.3) is 0 Å². The second-order valence-electron chi connectivity index (χ2n) is 3.75. The number of hydrogen-bond donors (Lipinski definition) is 1. The number of ether oxygens (including phenoxy) is 2. The van der Waals surface area contributed by atoms with Crippen LogP contribution in [0.2, 0.25) is 0 Å². The summed E-state index contributed by atoms with van der Waals surface area (Å²) in [5, 5.41) is 2.75. The van der Waals surface area contributed by atoms with Crippen molar-refractivity contribution in [2.45, 2.75) is 12.8 Å². The third-order valence-corrected chi connectivity index (χ3v) is 2.26. The molecule has 0 bridgehead atoms. The van der Waals surface area contributed by atoms with Gasteiger partial charge < -0.3 is 14.8 Å². The van der Waals surface area contributed by atoms with Gasteiger partial charge in [-0.1, -0.05) is 0 Å². The maximum absolute atomic E-state index is 12.6. The molecule has 100 valence electrons. The molecule has 0 aliphatic carbocycles. The van der Waals surface area contributed by atoms with E-state index in [1.807, 2.05) is 0 Å². The fourth-order valence-corrected chi connectivity index (χ4v) is 1.33. The zero-order valence-electron chi connectivity index (χ0n) is 10.4. The highest BCUT2D eigenvalue weighted by Gasteiger charge is 2.01. The van der Waals surface area contributed by atoms with Gasteiger partial charge >= 0.3 is 0 Å². The third-order valence-electron chi connectivity index (χ3n) is 2.26. The number of hydrogen-bond acceptors (Lipinski definition) is 3. The average Bonchev–Trinajstić information content (AvgIpc) is 2.37. The molecule has 1 amide bonds. The van der Waals surface area contributed by atoms with Gasteiger partial charge in [0.15, 0.2) is 0 Å². The van der Waals surface area contributed by atoms with Crippen LogP contribution in [-0.4, -0.2) is 32.8 Å². The van der Waals surface area contributed by atoms with Crippen molar-refractivity contribution >= 4 is 5.91 Å². The molecule has 4 nitrogen and oxygen atoms in total. The Hall–Kier alpha value is -1.62. The van der Waals surface area contributed by atoms with Gasteiger partial charge in [-0.3, -0.25) is 4.79 Å². The number of halogens is 1. The van der Waals surface area contributed by atoms with Gasteiger partial charge in [-0.15, -0.1) is 0 Å². The average molecular weight is 255 g/mol. The molecule has 0 saturated heterocycles. The van der Waals surface area contributed by atoms with E-state index in [0.717, 1.165) is 6.42 Å². The lowest BCUT2D eigenvalue weighted by Crippen LogP contribution is -2.26. The minimum Gasteiger partial charge on any atom is -0.493 e. The van der Waals surface area contributed by atoms with Crippen LogP contribution >= 0.6 is 0 Å². The molecule has 0 heterocycles. The van der Waals surface area contributed by atoms with Crippen LogP contribution in [0.4, 0.5) is 4.39 Å². The molecule has 0 fully saturated rings. The lowest BCUT2D eigenvalue weighted by Gasteiger charge is -2.07. The number of nitrogens with one attached hydrogen (secondary N) is 1. The molecule has 0 unspecified atom stereocenters. The molecule has 0 aliphatic heterocycles. The summed E-state index contributed by atoms with van der Waals surface area (Å²) in [6.07, 6.45) is 1.07. The van der Waals surface area contributed by atoms with Crippen molar-refractivity contribution in [1.29, 1.82) is 0 Å². The van der Waals surface area contributed by atoms with E-state index in [-0.39, 0.29) is 24.8 Å². The molecule has 1 rings (SSSR count). The standard InChI is InChI=1S/C13H18FNO3/c1-17-9-2-8-15-13(16)7-10-18-12-5-3-11(14)4-6-12/h3-6H,2,7-10H2,1H3,(H,15,16). The van der Waals surface area contributed by atoms with Gasteiger partial charge in [0.2, 0.25) is 5.91 Å². The second-order valence-corrected chi connectivity index (χ2v) is 3.75. The quantitative estimate of drug-likeness (QED) is 0.720. The highest BCUT2D eigenvalue weighted by Crippen LogP contribution is 2.10. The van der Waals surface area contributed by atoms with Gasteiger partial charge in [0.05, 0.1) is 13.0 Å². The normalized spacial score (nSPS) is 10.1. The van der Waals surface area contributed by atoms with E-state index in [1.54, 1.807) is 7.11 Å². The Morgan fingerprint density at radius 2 is 2.00 bits per heavy atom. The van der Waals surface area contributed by atoms with Crippen LogP contribution < -0.4 is 10.1 Å². The highest BCUT2D eigenvalue weighted by molar-refractivity contribution is 5.75. The molecule has 1 N–H and O–H groups in total. The number of rotatable bonds is 8. The van der Waals surface area contributed by atoms with Gasteiger partial charge in [0.1, 0.15) is 11.6 Å². The first-order chi connectivity index (χ1) is 8.72. The summed E-state index contributed by atoms with van der Waals surface area (Å²) in [5.41, 5.74) is 0. The Morgan fingerprint density at radius 3 is 2.67 bits per heavy atom. The van der Waals surface area contributed by atoms with Crippen LogP contribution in [0, 0.1) is 5.82 Å². The molecule has 0 aliphatic rings. The van der Waals surface area contributed by atoms with Gasteiger partial charge in [-0.2, -0.15) is 0 Å². The summed E-state index contributed by atoms with van der Waals surface area (Å²) < 4.78 is 22.8. The lowest BCUT2D eigenvalue weighted by molar-refractivity contribution is -0.121. The van der Waals surface area contributed by atoms with E-state index in [2.05, 4.69) is 5.32 Å². The summed E-state index contributed by atoms with van der Waals surface area (Å²) >= 11 is 0. The number of amides is 1. The van der Waals surface area contributed by atoms with Crippen molar-refractivity contribution in [3.63, 3.8) is 0 Å². The summed E-state index contributed by atoms with van der Waals surface area (Å²) in [7, 11) is 1.62. The third kappa shape index (κ3) is 6.20. The maximum Gasteiger partial charge on any atom is 0.223 e. The van der Waals surface area contributed by atoms with E-state index < -0.39 is 0 Å². The Kier molecular flexibility index (Phi) is 6.79. The van der Waals surface area contributed by atoms with Gasteiger partial charge in [-0.05, 0) is 30.7 Å². The Balaban J connectivity index is 2.10. The fraction of sp³-hybridized carbons (Fsp3) is 0.462. The minimum absolute atomic E-state index is 0.0618. The second kappa shape index (κ2) is 8.47. The molecule has 5 heteroatoms. The first-order valence-electron chi connectivity index (χ1n) is 5.86. The fourth-order valence-electron chi connectivity index (χ4n) is 1.33. The predicted octanol–water partition coefficient (Wildman–Crippen LogP) is 1.75. The zero-order valence-corrected chi connectivity index (χ0v) is 10.4. The number of carbonyl (C=O) groups is 1. The molecule has 1 aromatic rings. The summed E-state index contributed by atoms with van der Waals surface area (Å²) in [6.45, 7) is 1.51. The van der Waals surface area contributed by atoms with Crippen molar-refractivity contribution in [2.24, 2.45) is 0 Å². The SMILES string of the molecule is COCCCNC(=O)CCOc1ccc(F)cc1. The van der Waals surface area contributed by atoms with Crippen molar-refractivity contribution < 1.29 is 18.7 Å². The van der Waals surface area contributed by atoms with Crippen molar-refractivity contribution in [3.05, 3.63) is 30.1 Å². The van der Waals surface area contributed by atoms with Crippen LogP contribution in [0.15, 0.2) is 24.3 Å². The molecular formula is C13H18FNO3. The van der Waals surface area contributed by atoms with Crippen molar-refractivity contribution in [1.82, 2.24) is 5.32 Å². The summed E-state index contributed by atoms with van der Waals surface area (Å²) in [4.78, 5) is 11.4. The first kappa shape index (κ1) is 14.4. The van der Waals surface area contributed by atoms with Gasteiger partial charge in [-0.25, -0.2) is 4.39 Å². The molecular weight excluding hydrogens is 237 g/mol. The lowest BCUT2D eigenvalue weighted by atomic mass is 10.3. The Bertz CT molecular complexity index is 354. The number of methoxy groups -OCH3 is 1. The van der Waals surface area contributed by atoms with Crippen LogP contribution in [-0.2, 0) is 9.53 Å². The molecule has 0 atom stereocenters. The highest BCUT2D eigenvalue weighted by atomic mass is 19.1. The topological polar surface area (TPSA) is 47.6 Å². The number of benzene rings is 1. The van der Waals surface area contributed by atoms with E-state index in [0.29, 0.717) is 18.9 Å². The summed E-state index contributed by atoms with van der Waals surface area (Å²) in [6, 6.07) is 5.71. The van der Waals surface area contributed by atoms with Crippen LogP contribution in [0.3, 0.4) is 0 Å². The van der Waals surface area contributed by atoms with E-state index in [4.69, 9.17) is 9.47 Å². The minimum atomic E-state index is -0.307. The predicted molar refractivity (Wildman–Crippen MR) is 66.0 cm³/mol. The van der Waals surface area contributed by atoms with Crippen LogP contribution in [0.1, 0.15) is 12.8 Å². The number of carbonyl (C=O) groups excluding carboxylic acids is 1. The van der Waals surface area contributed by atoms with Gasteiger partial charge in [0, 0.05) is 20.3 Å². The summed E-state index contributed by atoms with van der Waals surface area (Å²) in [5.74, 6) is 0.190. The molecule has 1 aromatic carbocycles.